The van der Waals surface area contributed by atoms with Crippen LogP contribution in [0.3, 0.4) is 0 Å². The van der Waals surface area contributed by atoms with Gasteiger partial charge in [0.2, 0.25) is 5.91 Å². The molecule has 10 heteroatoms. The Morgan fingerprint density at radius 3 is 2.34 bits per heavy atom. The molecule has 1 heterocycles. The third-order valence-electron chi connectivity index (χ3n) is 6.45. The molecule has 8 nitrogen and oxygen atoms in total. The number of benzene rings is 3. The van der Waals surface area contributed by atoms with E-state index in [-0.39, 0.29) is 42.7 Å². The third-order valence-corrected chi connectivity index (χ3v) is 7.51. The molecule has 0 saturated carbocycles. The lowest BCUT2D eigenvalue weighted by molar-refractivity contribution is -0.117. The molecule has 1 aliphatic rings. The summed E-state index contributed by atoms with van der Waals surface area (Å²) < 4.78 is 36.0. The van der Waals surface area contributed by atoms with E-state index in [0.717, 1.165) is 16.9 Å². The molecule has 0 aliphatic carbocycles. The molecule has 3 aromatic carbocycles. The SMILES string of the molecule is CC(=O)N(c1ccc(Cl)cc1)[C@@H]1C[C@H](C)N(C(=O)c2ccc(OCCCS(=O)(=O)O)cc2)c2ccccc21. The number of carbonyl (C=O) groups excluding carboxylic acids is 2. The zero-order chi connectivity index (χ0) is 27.4. The van der Waals surface area contributed by atoms with Gasteiger partial charge in [-0.25, -0.2) is 0 Å². The molecule has 0 fully saturated rings. The average Bonchev–Trinajstić information content (AvgIpc) is 2.87. The highest BCUT2D eigenvalue weighted by Crippen LogP contribution is 2.43. The van der Waals surface area contributed by atoms with Crippen LogP contribution in [0.25, 0.3) is 0 Å². The smallest absolute Gasteiger partial charge is 0.264 e. The van der Waals surface area contributed by atoms with E-state index in [4.69, 9.17) is 20.9 Å². The molecule has 0 spiro atoms. The van der Waals surface area contributed by atoms with Gasteiger partial charge >= 0.3 is 0 Å². The third kappa shape index (κ3) is 6.35. The Morgan fingerprint density at radius 1 is 1.05 bits per heavy atom. The van der Waals surface area contributed by atoms with Crippen molar-refractivity contribution in [1.29, 1.82) is 0 Å². The zero-order valence-corrected chi connectivity index (χ0v) is 22.7. The molecule has 0 aromatic heterocycles. The van der Waals surface area contributed by atoms with Gasteiger partial charge in [0.1, 0.15) is 5.75 Å². The highest BCUT2D eigenvalue weighted by Gasteiger charge is 2.38. The summed E-state index contributed by atoms with van der Waals surface area (Å²) in [4.78, 5) is 30.0. The lowest BCUT2D eigenvalue weighted by Crippen LogP contribution is -2.47. The van der Waals surface area contributed by atoms with Gasteiger partial charge in [-0.2, -0.15) is 8.42 Å². The van der Waals surface area contributed by atoms with Crippen LogP contribution in [-0.2, 0) is 14.9 Å². The molecule has 200 valence electrons. The first-order valence-corrected chi connectivity index (χ1v) is 14.2. The highest BCUT2D eigenvalue weighted by molar-refractivity contribution is 7.85. The van der Waals surface area contributed by atoms with E-state index in [1.165, 1.54) is 6.92 Å². The van der Waals surface area contributed by atoms with Crippen LogP contribution in [0.1, 0.15) is 48.7 Å². The predicted octanol–water partition coefficient (Wildman–Crippen LogP) is 5.53. The number of para-hydroxylation sites is 1. The quantitative estimate of drug-likeness (QED) is 0.289. The molecule has 0 bridgehead atoms. The highest BCUT2D eigenvalue weighted by atomic mass is 35.5. The number of nitrogens with zero attached hydrogens (tertiary/aromatic N) is 2. The summed E-state index contributed by atoms with van der Waals surface area (Å²) in [5.74, 6) is -0.173. The van der Waals surface area contributed by atoms with Crippen LogP contribution in [0.15, 0.2) is 72.8 Å². The molecular weight excluding hydrogens is 528 g/mol. The fourth-order valence-corrected chi connectivity index (χ4v) is 5.39. The van der Waals surface area contributed by atoms with Gasteiger partial charge in [-0.05, 0) is 79.9 Å². The molecule has 2 atom stereocenters. The predicted molar refractivity (Wildman–Crippen MR) is 148 cm³/mol. The topological polar surface area (TPSA) is 104 Å². The van der Waals surface area contributed by atoms with Crippen LogP contribution >= 0.6 is 11.6 Å². The largest absolute Gasteiger partial charge is 0.494 e. The second kappa shape index (κ2) is 11.6. The number of anilines is 2. The van der Waals surface area contributed by atoms with Gasteiger partial charge in [0.05, 0.1) is 18.4 Å². The minimum Gasteiger partial charge on any atom is -0.494 e. The first kappa shape index (κ1) is 27.6. The number of amides is 2. The molecule has 0 radical (unpaired) electrons. The number of halogens is 1. The second-order valence-electron chi connectivity index (χ2n) is 9.21. The number of hydrogen-bond acceptors (Lipinski definition) is 5. The summed E-state index contributed by atoms with van der Waals surface area (Å²) in [5.41, 5.74) is 2.83. The molecule has 3 aromatic rings. The minimum absolute atomic E-state index is 0.105. The van der Waals surface area contributed by atoms with Crippen LogP contribution in [0.5, 0.6) is 5.75 Å². The van der Waals surface area contributed by atoms with E-state index >= 15 is 0 Å². The van der Waals surface area contributed by atoms with Crippen LogP contribution in [0, 0.1) is 0 Å². The Balaban J connectivity index is 1.57. The van der Waals surface area contributed by atoms with Crippen LogP contribution in [0.2, 0.25) is 5.02 Å². The monoisotopic (exact) mass is 556 g/mol. The Bertz CT molecular complexity index is 1410. The number of hydrogen-bond donors (Lipinski definition) is 1. The van der Waals surface area contributed by atoms with Crippen molar-refractivity contribution in [2.24, 2.45) is 0 Å². The fourth-order valence-electron chi connectivity index (χ4n) is 4.78. The number of ether oxygens (including phenoxy) is 1. The minimum atomic E-state index is -4.03. The van der Waals surface area contributed by atoms with Crippen molar-refractivity contribution in [3.63, 3.8) is 0 Å². The van der Waals surface area contributed by atoms with Gasteiger partial charge in [0.25, 0.3) is 16.0 Å². The molecule has 38 heavy (non-hydrogen) atoms. The van der Waals surface area contributed by atoms with Gasteiger partial charge in [0.15, 0.2) is 0 Å². The summed E-state index contributed by atoms with van der Waals surface area (Å²) in [5, 5.41) is 0.584. The lowest BCUT2D eigenvalue weighted by Gasteiger charge is -2.43. The summed E-state index contributed by atoms with van der Waals surface area (Å²) in [6.07, 6.45) is 0.690. The van der Waals surface area contributed by atoms with Gasteiger partial charge in [-0.15, -0.1) is 0 Å². The van der Waals surface area contributed by atoms with E-state index in [1.54, 1.807) is 46.2 Å². The first-order valence-electron chi connectivity index (χ1n) is 12.2. The Morgan fingerprint density at radius 2 is 1.71 bits per heavy atom. The molecule has 4 rings (SSSR count). The van der Waals surface area contributed by atoms with Crippen LogP contribution in [-0.4, -0.2) is 43.2 Å². The van der Waals surface area contributed by atoms with Gasteiger partial charge in [-0.3, -0.25) is 14.1 Å². The van der Waals surface area contributed by atoms with Crippen molar-refractivity contribution in [3.8, 4) is 5.75 Å². The number of carbonyl (C=O) groups is 2. The van der Waals surface area contributed by atoms with E-state index in [1.807, 2.05) is 43.3 Å². The normalized spacial score (nSPS) is 17.0. The summed E-state index contributed by atoms with van der Waals surface area (Å²) in [6.45, 7) is 3.62. The fraction of sp³-hybridized carbons (Fsp3) is 0.286. The summed E-state index contributed by atoms with van der Waals surface area (Å²) in [6, 6.07) is 20.9. The average molecular weight is 557 g/mol. The van der Waals surface area contributed by atoms with Crippen molar-refractivity contribution in [3.05, 3.63) is 88.9 Å². The van der Waals surface area contributed by atoms with E-state index < -0.39 is 10.1 Å². The van der Waals surface area contributed by atoms with Gasteiger partial charge in [-0.1, -0.05) is 29.8 Å². The lowest BCUT2D eigenvalue weighted by atomic mass is 9.89. The maximum Gasteiger partial charge on any atom is 0.264 e. The van der Waals surface area contributed by atoms with Crippen molar-refractivity contribution >= 4 is 44.9 Å². The second-order valence-corrected chi connectivity index (χ2v) is 11.2. The molecule has 0 saturated heterocycles. The van der Waals surface area contributed by atoms with Crippen molar-refractivity contribution in [2.45, 2.75) is 38.8 Å². The standard InChI is InChI=1S/C28H29ClN2O6S/c1-19-18-27(31(20(2)32)23-12-10-22(29)11-13-23)25-6-3-4-7-26(25)30(19)28(33)21-8-14-24(15-9-21)37-16-5-17-38(34,35)36/h3-4,6-15,19,27H,5,16-18H2,1-2H3,(H,34,35,36)/t19-,27+/m0/s1. The Labute approximate surface area is 227 Å². The Kier molecular flexibility index (Phi) is 8.40. The molecule has 2 amide bonds. The maximum atomic E-state index is 13.7. The van der Waals surface area contributed by atoms with Gasteiger partial charge in [0, 0.05) is 34.9 Å². The number of rotatable bonds is 8. The van der Waals surface area contributed by atoms with Crippen LogP contribution in [0.4, 0.5) is 11.4 Å². The van der Waals surface area contributed by atoms with Crippen LogP contribution < -0.4 is 14.5 Å². The van der Waals surface area contributed by atoms with Gasteiger partial charge < -0.3 is 14.5 Å². The van der Waals surface area contributed by atoms with Crippen molar-refractivity contribution in [2.75, 3.05) is 22.2 Å². The first-order chi connectivity index (χ1) is 18.0. The zero-order valence-electron chi connectivity index (χ0n) is 21.1. The summed E-state index contributed by atoms with van der Waals surface area (Å²) in [7, 11) is -4.03. The van der Waals surface area contributed by atoms with E-state index in [9.17, 15) is 18.0 Å². The molecule has 1 N–H and O–H groups in total. The number of fused-ring (bicyclic) bond motifs is 1. The van der Waals surface area contributed by atoms with Crippen molar-refractivity contribution < 1.29 is 27.3 Å². The maximum absolute atomic E-state index is 13.7. The van der Waals surface area contributed by atoms with E-state index in [0.29, 0.717) is 22.8 Å². The Hall–Kier alpha value is -3.40. The molecule has 1 aliphatic heterocycles. The molecule has 0 unspecified atom stereocenters. The molecular formula is C28H29ClN2O6S. The van der Waals surface area contributed by atoms with E-state index in [2.05, 4.69) is 0 Å². The van der Waals surface area contributed by atoms with Crippen molar-refractivity contribution in [1.82, 2.24) is 0 Å². The summed E-state index contributed by atoms with van der Waals surface area (Å²) >= 11 is 6.07.